The van der Waals surface area contributed by atoms with Crippen LogP contribution in [0.1, 0.15) is 53.6 Å². The number of hydrogen-bond acceptors (Lipinski definition) is 6. The monoisotopic (exact) mass is 492 g/mol. The minimum absolute atomic E-state index is 0.0135. The van der Waals surface area contributed by atoms with Crippen molar-refractivity contribution >= 4 is 33.7 Å². The molecule has 6 heteroatoms. The van der Waals surface area contributed by atoms with Gasteiger partial charge >= 0.3 is 0 Å². The summed E-state index contributed by atoms with van der Waals surface area (Å²) in [5, 5.41) is 8.95. The maximum Gasteiger partial charge on any atom is 0.196 e. The van der Waals surface area contributed by atoms with Gasteiger partial charge in [0.05, 0.1) is 22.3 Å². The molecule has 0 radical (unpaired) electrons. The van der Waals surface area contributed by atoms with E-state index in [1.807, 2.05) is 24.3 Å². The maximum atomic E-state index is 13.8. The molecule has 188 valence electrons. The first-order chi connectivity index (χ1) is 18.2. The van der Waals surface area contributed by atoms with Crippen molar-refractivity contribution in [1.82, 2.24) is 10.1 Å². The smallest absolute Gasteiger partial charge is 0.196 e. The molecule has 7 rings (SSSR count). The van der Waals surface area contributed by atoms with Crippen LogP contribution in [0.3, 0.4) is 0 Å². The molecule has 1 aromatic heterocycles. The fourth-order valence-electron chi connectivity index (χ4n) is 6.45. The molecule has 0 bridgehead atoms. The average Bonchev–Trinajstić information content (AvgIpc) is 3.39. The van der Waals surface area contributed by atoms with Gasteiger partial charge in [0.2, 0.25) is 0 Å². The predicted molar refractivity (Wildman–Crippen MR) is 148 cm³/mol. The van der Waals surface area contributed by atoms with E-state index < -0.39 is 0 Å². The molecular weight excluding hydrogens is 460 g/mol. The predicted octanol–water partition coefficient (Wildman–Crippen LogP) is 6.55. The maximum absolute atomic E-state index is 13.8. The van der Waals surface area contributed by atoms with Gasteiger partial charge in [-0.25, -0.2) is 0 Å². The average molecular weight is 493 g/mol. The summed E-state index contributed by atoms with van der Waals surface area (Å²) in [5.74, 6) is 0.703. The van der Waals surface area contributed by atoms with E-state index in [0.717, 1.165) is 65.7 Å². The molecule has 2 fully saturated rings. The van der Waals surface area contributed by atoms with Crippen LogP contribution in [0, 0.1) is 6.92 Å². The van der Waals surface area contributed by atoms with Crippen molar-refractivity contribution in [2.75, 3.05) is 36.4 Å². The summed E-state index contributed by atoms with van der Waals surface area (Å²) in [6, 6.07) is 18.8. The second-order valence-corrected chi connectivity index (χ2v) is 10.7. The fourth-order valence-corrected chi connectivity index (χ4v) is 6.45. The third-order valence-corrected chi connectivity index (χ3v) is 8.46. The van der Waals surface area contributed by atoms with Crippen molar-refractivity contribution in [2.45, 2.75) is 45.1 Å². The molecule has 1 N–H and O–H groups in total. The lowest BCUT2D eigenvalue weighted by Gasteiger charge is -2.41. The standard InChI is InChI=1S/C31H32N4O2/c1-20-11-13-21(14-12-20)32-25-19-26(35-17-15-34(16-18-35)22-7-3-2-4-8-22)29-28-27(25)30(36)23-9-5-6-10-24(23)31(28)37-33-29/h5-6,9-14,19,22,32H,2-4,7-8,15-18H2,1H3. The van der Waals surface area contributed by atoms with Gasteiger partial charge in [0.1, 0.15) is 5.52 Å². The molecule has 1 aliphatic heterocycles. The Labute approximate surface area is 217 Å². The van der Waals surface area contributed by atoms with E-state index in [2.05, 4.69) is 57.5 Å². The normalized spacial score (nSPS) is 18.3. The number of ketones is 1. The summed E-state index contributed by atoms with van der Waals surface area (Å²) < 4.78 is 5.97. The highest BCUT2D eigenvalue weighted by Gasteiger charge is 2.34. The van der Waals surface area contributed by atoms with Crippen molar-refractivity contribution in [3.05, 3.63) is 71.3 Å². The fraction of sp³-hybridized carbons (Fsp3) is 0.355. The Hall–Kier alpha value is -3.64. The van der Waals surface area contributed by atoms with E-state index in [1.165, 1.54) is 37.7 Å². The van der Waals surface area contributed by atoms with Crippen molar-refractivity contribution in [1.29, 1.82) is 0 Å². The number of piperazine rings is 1. The molecule has 6 nitrogen and oxygen atoms in total. The van der Waals surface area contributed by atoms with Gasteiger partial charge in [-0.15, -0.1) is 0 Å². The summed E-state index contributed by atoms with van der Waals surface area (Å²) >= 11 is 0. The lowest BCUT2D eigenvalue weighted by molar-refractivity contribution is 0.104. The van der Waals surface area contributed by atoms with Crippen molar-refractivity contribution in [3.8, 4) is 11.3 Å². The molecule has 2 heterocycles. The largest absolute Gasteiger partial charge is 0.367 e. The number of benzene rings is 3. The molecule has 3 aliphatic rings. The molecule has 0 atom stereocenters. The molecule has 0 spiro atoms. The number of aryl methyl sites for hydroxylation is 1. The van der Waals surface area contributed by atoms with Crippen LogP contribution in [-0.4, -0.2) is 48.1 Å². The van der Waals surface area contributed by atoms with Gasteiger partial charge in [-0.2, -0.15) is 0 Å². The van der Waals surface area contributed by atoms with Crippen LogP contribution in [0.4, 0.5) is 17.1 Å². The van der Waals surface area contributed by atoms with Crippen LogP contribution < -0.4 is 10.2 Å². The quantitative estimate of drug-likeness (QED) is 0.307. The van der Waals surface area contributed by atoms with E-state index in [9.17, 15) is 4.79 Å². The number of carbonyl (C=O) groups excluding carboxylic acids is 1. The van der Waals surface area contributed by atoms with Crippen LogP contribution in [0.5, 0.6) is 0 Å². The van der Waals surface area contributed by atoms with E-state index in [4.69, 9.17) is 4.52 Å². The summed E-state index contributed by atoms with van der Waals surface area (Å²) in [5.41, 5.74) is 6.92. The molecule has 37 heavy (non-hydrogen) atoms. The van der Waals surface area contributed by atoms with E-state index in [-0.39, 0.29) is 5.78 Å². The van der Waals surface area contributed by atoms with Crippen LogP contribution in [0.25, 0.3) is 22.2 Å². The Morgan fingerprint density at radius 1 is 0.919 bits per heavy atom. The highest BCUT2D eigenvalue weighted by Crippen LogP contribution is 2.46. The summed E-state index contributed by atoms with van der Waals surface area (Å²) in [6.45, 7) is 6.08. The molecule has 0 unspecified atom stereocenters. The second kappa shape index (κ2) is 9.03. The Kier molecular flexibility index (Phi) is 5.50. The van der Waals surface area contributed by atoms with Gasteiger partial charge in [0.25, 0.3) is 0 Å². The molecule has 0 amide bonds. The van der Waals surface area contributed by atoms with Gasteiger partial charge < -0.3 is 14.7 Å². The topological polar surface area (TPSA) is 61.6 Å². The van der Waals surface area contributed by atoms with E-state index in [1.54, 1.807) is 0 Å². The van der Waals surface area contributed by atoms with E-state index >= 15 is 0 Å². The van der Waals surface area contributed by atoms with Crippen molar-refractivity contribution < 1.29 is 9.32 Å². The Bertz CT molecular complexity index is 1480. The highest BCUT2D eigenvalue weighted by atomic mass is 16.5. The Morgan fingerprint density at radius 2 is 1.65 bits per heavy atom. The first-order valence-electron chi connectivity index (χ1n) is 13.6. The molecule has 3 aromatic carbocycles. The third kappa shape index (κ3) is 3.82. The highest BCUT2D eigenvalue weighted by molar-refractivity contribution is 6.28. The van der Waals surface area contributed by atoms with Crippen molar-refractivity contribution in [2.24, 2.45) is 0 Å². The van der Waals surface area contributed by atoms with Gasteiger partial charge in [-0.3, -0.25) is 9.69 Å². The number of hydrogen-bond donors (Lipinski definition) is 1. The number of carbonyl (C=O) groups is 1. The zero-order valence-electron chi connectivity index (χ0n) is 21.3. The van der Waals surface area contributed by atoms with Gasteiger partial charge in [0.15, 0.2) is 11.5 Å². The third-order valence-electron chi connectivity index (χ3n) is 8.46. The zero-order valence-corrected chi connectivity index (χ0v) is 21.3. The molecule has 1 saturated heterocycles. The summed E-state index contributed by atoms with van der Waals surface area (Å²) in [7, 11) is 0. The SMILES string of the molecule is Cc1ccc(Nc2cc(N3CCN(C4CCCCC4)CC3)c3noc4c3c2C(=O)c2ccccc2-4)cc1. The number of fused-ring (bicyclic) bond motifs is 2. The van der Waals surface area contributed by atoms with Crippen LogP contribution in [-0.2, 0) is 0 Å². The second-order valence-electron chi connectivity index (χ2n) is 10.7. The van der Waals surface area contributed by atoms with E-state index in [0.29, 0.717) is 16.9 Å². The van der Waals surface area contributed by atoms with Crippen LogP contribution >= 0.6 is 0 Å². The van der Waals surface area contributed by atoms with Gasteiger partial charge in [-0.05, 0) is 38.0 Å². The number of rotatable bonds is 4. The number of nitrogens with one attached hydrogen (secondary N) is 1. The van der Waals surface area contributed by atoms with Crippen LogP contribution in [0.2, 0.25) is 0 Å². The molecule has 2 aliphatic carbocycles. The first kappa shape index (κ1) is 22.5. The number of anilines is 3. The number of nitrogens with zero attached hydrogens (tertiary/aromatic N) is 3. The molecule has 1 saturated carbocycles. The first-order valence-corrected chi connectivity index (χ1v) is 13.6. The van der Waals surface area contributed by atoms with Crippen LogP contribution in [0.15, 0.2) is 59.1 Å². The lowest BCUT2D eigenvalue weighted by Crippen LogP contribution is -2.51. The molecular formula is C31H32N4O2. The lowest BCUT2D eigenvalue weighted by atomic mass is 9.86. The Balaban J connectivity index is 1.31. The zero-order chi connectivity index (χ0) is 24.9. The number of aromatic nitrogens is 1. The Morgan fingerprint density at radius 3 is 2.41 bits per heavy atom. The van der Waals surface area contributed by atoms with Crippen molar-refractivity contribution in [3.63, 3.8) is 0 Å². The molecule has 4 aromatic rings. The van der Waals surface area contributed by atoms with Gasteiger partial charge in [0, 0.05) is 49.0 Å². The minimum Gasteiger partial charge on any atom is -0.367 e. The summed E-state index contributed by atoms with van der Waals surface area (Å²) in [4.78, 5) is 18.9. The van der Waals surface area contributed by atoms with Gasteiger partial charge in [-0.1, -0.05) is 66.4 Å². The minimum atomic E-state index is 0.0135. The summed E-state index contributed by atoms with van der Waals surface area (Å²) in [6.07, 6.45) is 6.76.